The van der Waals surface area contributed by atoms with Gasteiger partial charge in [-0.15, -0.1) is 0 Å². The Morgan fingerprint density at radius 2 is 2.22 bits per heavy atom. The van der Waals surface area contributed by atoms with Crippen molar-refractivity contribution in [1.82, 2.24) is 4.98 Å². The van der Waals surface area contributed by atoms with Crippen molar-refractivity contribution in [1.29, 1.82) is 5.26 Å². The summed E-state index contributed by atoms with van der Waals surface area (Å²) < 4.78 is 0. The zero-order chi connectivity index (χ0) is 13.2. The molecule has 1 heterocycles. The molecule has 1 aliphatic rings. The molecule has 0 atom stereocenters. The molecule has 2 N–H and O–H groups in total. The van der Waals surface area contributed by atoms with Gasteiger partial charge in [-0.3, -0.25) is 0 Å². The molecular weight excluding hydrogens is 230 g/mol. The number of carboxylic acids is 1. The van der Waals surface area contributed by atoms with Gasteiger partial charge >= 0.3 is 5.97 Å². The molecule has 2 rings (SSSR count). The number of anilines is 1. The lowest BCUT2D eigenvalue weighted by Gasteiger charge is -2.26. The maximum Gasteiger partial charge on any atom is 0.329 e. The summed E-state index contributed by atoms with van der Waals surface area (Å²) in [7, 11) is 0. The number of aryl methyl sites for hydroxylation is 1. The van der Waals surface area contributed by atoms with E-state index in [-0.39, 0.29) is 0 Å². The number of nitriles is 1. The van der Waals surface area contributed by atoms with Crippen molar-refractivity contribution in [3.63, 3.8) is 0 Å². The first-order valence-electron chi connectivity index (χ1n) is 5.96. The summed E-state index contributed by atoms with van der Waals surface area (Å²) in [6, 6.07) is 3.82. The normalized spacial score (nSPS) is 17.1. The monoisotopic (exact) mass is 245 g/mol. The summed E-state index contributed by atoms with van der Waals surface area (Å²) in [5.74, 6) is -0.492. The molecule has 18 heavy (non-hydrogen) atoms. The van der Waals surface area contributed by atoms with Crippen molar-refractivity contribution in [3.8, 4) is 6.07 Å². The molecule has 0 amide bonds. The van der Waals surface area contributed by atoms with E-state index in [4.69, 9.17) is 5.26 Å². The number of nitrogens with zero attached hydrogens (tertiary/aromatic N) is 2. The lowest BCUT2D eigenvalue weighted by Crippen LogP contribution is -2.44. The summed E-state index contributed by atoms with van der Waals surface area (Å²) in [5.41, 5.74) is 0.255. The zero-order valence-electron chi connectivity index (χ0n) is 10.2. The minimum absolute atomic E-state index is 0.377. The standard InChI is InChI=1S/C13H15N3O2/c1-9-4-7-15-11(10(9)8-14)16-13(12(17)18)5-2-3-6-13/h4,7H,2-3,5-6H2,1H3,(H,15,16)(H,17,18). The van der Waals surface area contributed by atoms with Crippen LogP contribution in [0.3, 0.4) is 0 Å². The van der Waals surface area contributed by atoms with Crippen LogP contribution < -0.4 is 5.32 Å². The van der Waals surface area contributed by atoms with Gasteiger partial charge < -0.3 is 10.4 Å². The van der Waals surface area contributed by atoms with Crippen LogP contribution in [-0.2, 0) is 4.79 Å². The molecular formula is C13H15N3O2. The van der Waals surface area contributed by atoms with Crippen LogP contribution in [0.1, 0.15) is 36.8 Å². The Balaban J connectivity index is 2.37. The van der Waals surface area contributed by atoms with Gasteiger partial charge in [0.15, 0.2) is 0 Å². The van der Waals surface area contributed by atoms with Crippen LogP contribution in [0, 0.1) is 18.3 Å². The topological polar surface area (TPSA) is 86.0 Å². The summed E-state index contributed by atoms with van der Waals surface area (Å²) in [5, 5.41) is 21.5. The van der Waals surface area contributed by atoms with Crippen molar-refractivity contribution in [2.75, 3.05) is 5.32 Å². The Hall–Kier alpha value is -2.09. The second-order valence-corrected chi connectivity index (χ2v) is 4.68. The number of aromatic nitrogens is 1. The molecule has 1 fully saturated rings. The molecule has 0 unspecified atom stereocenters. The first-order valence-corrected chi connectivity index (χ1v) is 5.96. The molecule has 0 radical (unpaired) electrons. The number of carboxylic acid groups (broad SMARTS) is 1. The minimum Gasteiger partial charge on any atom is -0.480 e. The van der Waals surface area contributed by atoms with E-state index in [1.165, 1.54) is 0 Å². The van der Waals surface area contributed by atoms with Gasteiger partial charge in [0, 0.05) is 6.20 Å². The second-order valence-electron chi connectivity index (χ2n) is 4.68. The van der Waals surface area contributed by atoms with E-state index in [1.807, 2.05) is 6.92 Å². The third kappa shape index (κ3) is 2.02. The lowest BCUT2D eigenvalue weighted by atomic mass is 9.97. The van der Waals surface area contributed by atoms with Crippen molar-refractivity contribution in [2.45, 2.75) is 38.1 Å². The van der Waals surface area contributed by atoms with Gasteiger partial charge in [0.25, 0.3) is 0 Å². The highest BCUT2D eigenvalue weighted by Crippen LogP contribution is 2.34. The average molecular weight is 245 g/mol. The molecule has 5 nitrogen and oxygen atoms in total. The van der Waals surface area contributed by atoms with Crippen LogP contribution in [0.25, 0.3) is 0 Å². The fraction of sp³-hybridized carbons (Fsp3) is 0.462. The van der Waals surface area contributed by atoms with Crippen LogP contribution in [0.15, 0.2) is 12.3 Å². The first kappa shape index (κ1) is 12.4. The highest BCUT2D eigenvalue weighted by Gasteiger charge is 2.42. The third-order valence-corrected chi connectivity index (χ3v) is 3.50. The maximum absolute atomic E-state index is 11.4. The number of carbonyl (C=O) groups is 1. The SMILES string of the molecule is Cc1ccnc(NC2(C(=O)O)CCCC2)c1C#N. The van der Waals surface area contributed by atoms with Gasteiger partial charge in [-0.05, 0) is 31.4 Å². The van der Waals surface area contributed by atoms with E-state index >= 15 is 0 Å². The Morgan fingerprint density at radius 1 is 1.56 bits per heavy atom. The van der Waals surface area contributed by atoms with Gasteiger partial charge in [0.05, 0.1) is 5.56 Å². The molecule has 0 saturated heterocycles. The molecule has 94 valence electrons. The van der Waals surface area contributed by atoms with E-state index in [2.05, 4.69) is 16.4 Å². The Kier molecular flexibility index (Phi) is 3.19. The van der Waals surface area contributed by atoms with Crippen molar-refractivity contribution >= 4 is 11.8 Å². The van der Waals surface area contributed by atoms with E-state index in [1.54, 1.807) is 12.3 Å². The van der Waals surface area contributed by atoms with Crippen LogP contribution in [0.4, 0.5) is 5.82 Å². The highest BCUT2D eigenvalue weighted by molar-refractivity contribution is 5.83. The van der Waals surface area contributed by atoms with Crippen molar-refractivity contribution in [3.05, 3.63) is 23.4 Å². The predicted molar refractivity (Wildman–Crippen MR) is 66.1 cm³/mol. The molecule has 0 aromatic carbocycles. The van der Waals surface area contributed by atoms with Crippen molar-refractivity contribution in [2.24, 2.45) is 0 Å². The Morgan fingerprint density at radius 3 is 2.78 bits per heavy atom. The summed E-state index contributed by atoms with van der Waals surface area (Å²) >= 11 is 0. The largest absolute Gasteiger partial charge is 0.480 e. The lowest BCUT2D eigenvalue weighted by molar-refractivity contribution is -0.142. The second kappa shape index (κ2) is 4.65. The number of pyridine rings is 1. The van der Waals surface area contributed by atoms with E-state index in [0.29, 0.717) is 24.2 Å². The predicted octanol–water partition coefficient (Wildman–Crippen LogP) is 2.07. The number of hydrogen-bond acceptors (Lipinski definition) is 4. The molecule has 0 bridgehead atoms. The van der Waals surface area contributed by atoms with Gasteiger partial charge in [0.1, 0.15) is 17.4 Å². The van der Waals surface area contributed by atoms with Gasteiger partial charge in [-0.2, -0.15) is 5.26 Å². The first-order chi connectivity index (χ1) is 8.59. The highest BCUT2D eigenvalue weighted by atomic mass is 16.4. The third-order valence-electron chi connectivity index (χ3n) is 3.50. The van der Waals surface area contributed by atoms with E-state index in [9.17, 15) is 9.90 Å². The van der Waals surface area contributed by atoms with Crippen LogP contribution >= 0.6 is 0 Å². The maximum atomic E-state index is 11.4. The number of aliphatic carboxylic acids is 1. The van der Waals surface area contributed by atoms with Gasteiger partial charge in [-0.25, -0.2) is 9.78 Å². The number of hydrogen-bond donors (Lipinski definition) is 2. The van der Waals surface area contributed by atoms with Crippen LogP contribution in [-0.4, -0.2) is 21.6 Å². The summed E-state index contributed by atoms with van der Waals surface area (Å²) in [6.07, 6.45) is 4.49. The molecule has 5 heteroatoms. The Bertz CT molecular complexity index is 513. The molecule has 1 aliphatic carbocycles. The number of rotatable bonds is 3. The van der Waals surface area contributed by atoms with Crippen LogP contribution in [0.5, 0.6) is 0 Å². The number of nitrogens with one attached hydrogen (secondary N) is 1. The molecule has 1 aromatic rings. The van der Waals surface area contributed by atoms with Gasteiger partial charge in [0.2, 0.25) is 0 Å². The molecule has 1 aromatic heterocycles. The average Bonchev–Trinajstić information content (AvgIpc) is 2.79. The fourth-order valence-corrected chi connectivity index (χ4v) is 2.39. The smallest absolute Gasteiger partial charge is 0.329 e. The Labute approximate surface area is 105 Å². The molecule has 0 aliphatic heterocycles. The van der Waals surface area contributed by atoms with Crippen LogP contribution in [0.2, 0.25) is 0 Å². The van der Waals surface area contributed by atoms with E-state index in [0.717, 1.165) is 18.4 Å². The zero-order valence-corrected chi connectivity index (χ0v) is 10.2. The summed E-state index contributed by atoms with van der Waals surface area (Å²) in [4.78, 5) is 15.5. The van der Waals surface area contributed by atoms with Crippen molar-refractivity contribution < 1.29 is 9.90 Å². The van der Waals surface area contributed by atoms with Gasteiger partial charge in [-0.1, -0.05) is 12.8 Å². The van der Waals surface area contributed by atoms with E-state index < -0.39 is 11.5 Å². The minimum atomic E-state index is -0.966. The quantitative estimate of drug-likeness (QED) is 0.851. The summed E-state index contributed by atoms with van der Waals surface area (Å²) in [6.45, 7) is 1.81. The fourth-order valence-electron chi connectivity index (χ4n) is 2.39. The molecule has 0 spiro atoms. The molecule has 1 saturated carbocycles.